The van der Waals surface area contributed by atoms with Crippen molar-refractivity contribution in [3.63, 3.8) is 0 Å². The summed E-state index contributed by atoms with van der Waals surface area (Å²) in [7, 11) is 0. The third-order valence-electron chi connectivity index (χ3n) is 5.22. The number of allylic oxidation sites excluding steroid dienone is 4. The average Bonchev–Trinajstić information content (AvgIpc) is 2.66. The first-order chi connectivity index (χ1) is 12.9. The Bertz CT molecular complexity index is 299. The van der Waals surface area contributed by atoms with Gasteiger partial charge in [-0.1, -0.05) is 101 Å². The fourth-order valence-corrected chi connectivity index (χ4v) is 3.46. The highest BCUT2D eigenvalue weighted by Crippen LogP contribution is 2.13. The van der Waals surface area contributed by atoms with E-state index >= 15 is 0 Å². The van der Waals surface area contributed by atoms with E-state index in [1.54, 1.807) is 0 Å². The van der Waals surface area contributed by atoms with Gasteiger partial charge in [-0.25, -0.2) is 0 Å². The fraction of sp³-hybridized carbons (Fsp3) is 0.769. The highest BCUT2D eigenvalue weighted by molar-refractivity contribution is 4.81. The van der Waals surface area contributed by atoms with Crippen LogP contribution >= 0.6 is 0 Å². The summed E-state index contributed by atoms with van der Waals surface area (Å²) in [6.07, 6.45) is 36.4. The Labute approximate surface area is 166 Å². The Hall–Kier alpha value is -0.780. The molecule has 0 radical (unpaired) electrons. The zero-order valence-electron chi connectivity index (χ0n) is 17.9. The molecule has 26 heavy (non-hydrogen) atoms. The molecule has 0 aromatic carbocycles. The predicted molar refractivity (Wildman–Crippen MR) is 122 cm³/mol. The molecule has 0 heteroatoms. The number of hydrogen-bond acceptors (Lipinski definition) is 0. The molecule has 0 nitrogen and oxygen atoms in total. The van der Waals surface area contributed by atoms with Gasteiger partial charge in [0.25, 0.3) is 0 Å². The molecule has 0 amide bonds. The fourth-order valence-electron chi connectivity index (χ4n) is 3.46. The average molecular weight is 361 g/mol. The van der Waals surface area contributed by atoms with Crippen LogP contribution in [0.3, 0.4) is 0 Å². The molecule has 0 aromatic rings. The van der Waals surface area contributed by atoms with Crippen LogP contribution in [-0.2, 0) is 0 Å². The molecular weight excluding hydrogens is 312 g/mol. The van der Waals surface area contributed by atoms with Gasteiger partial charge in [0.1, 0.15) is 0 Å². The zero-order valence-corrected chi connectivity index (χ0v) is 17.9. The second-order valence-corrected chi connectivity index (χ2v) is 7.86. The first-order valence-electron chi connectivity index (χ1n) is 11.8. The predicted octanol–water partition coefficient (Wildman–Crippen LogP) is 9.72. The van der Waals surface area contributed by atoms with Gasteiger partial charge >= 0.3 is 0 Å². The van der Waals surface area contributed by atoms with Crippen LogP contribution < -0.4 is 0 Å². The minimum atomic E-state index is 1.19. The molecule has 0 aliphatic carbocycles. The number of unbranched alkanes of at least 4 members (excludes halogenated alkanes) is 18. The van der Waals surface area contributed by atoms with Crippen molar-refractivity contribution < 1.29 is 0 Å². The van der Waals surface area contributed by atoms with Crippen LogP contribution in [-0.4, -0.2) is 0 Å². The van der Waals surface area contributed by atoms with E-state index in [4.69, 9.17) is 0 Å². The highest BCUT2D eigenvalue weighted by atomic mass is 14.0. The van der Waals surface area contributed by atoms with E-state index in [1.807, 2.05) is 12.2 Å². The molecule has 0 bridgehead atoms. The van der Waals surface area contributed by atoms with Crippen molar-refractivity contribution in [1.29, 1.82) is 0 Å². The van der Waals surface area contributed by atoms with Crippen molar-refractivity contribution in [2.24, 2.45) is 0 Å². The first-order valence-corrected chi connectivity index (χ1v) is 11.8. The molecule has 0 N–H and O–H groups in total. The largest absolute Gasteiger partial charge is 0.103 e. The molecule has 0 fully saturated rings. The van der Waals surface area contributed by atoms with Gasteiger partial charge in [-0.15, -0.1) is 13.2 Å². The summed E-state index contributed by atoms with van der Waals surface area (Å²) in [5.74, 6) is 0. The van der Waals surface area contributed by atoms with Crippen LogP contribution in [0.25, 0.3) is 0 Å². The Morgan fingerprint density at radius 2 is 0.538 bits per heavy atom. The second-order valence-electron chi connectivity index (χ2n) is 7.86. The molecule has 0 unspecified atom stereocenters. The molecule has 0 atom stereocenters. The lowest BCUT2D eigenvalue weighted by Gasteiger charge is -2.02. The number of hydrogen-bond donors (Lipinski definition) is 0. The van der Waals surface area contributed by atoms with Crippen molar-refractivity contribution in [1.82, 2.24) is 0 Å². The van der Waals surface area contributed by atoms with E-state index in [0.717, 1.165) is 0 Å². The molecule has 0 rings (SSSR count). The lowest BCUT2D eigenvalue weighted by atomic mass is 10.0. The maximum absolute atomic E-state index is 3.78. The van der Waals surface area contributed by atoms with Crippen LogP contribution in [0, 0.1) is 0 Å². The van der Waals surface area contributed by atoms with Crippen LogP contribution in [0.4, 0.5) is 0 Å². The minimum absolute atomic E-state index is 1.19. The zero-order chi connectivity index (χ0) is 19.0. The van der Waals surface area contributed by atoms with E-state index in [-0.39, 0.29) is 0 Å². The monoisotopic (exact) mass is 360 g/mol. The van der Waals surface area contributed by atoms with Gasteiger partial charge in [-0.2, -0.15) is 0 Å². The minimum Gasteiger partial charge on any atom is -0.103 e. The van der Waals surface area contributed by atoms with E-state index in [0.29, 0.717) is 0 Å². The van der Waals surface area contributed by atoms with E-state index in [9.17, 15) is 0 Å². The van der Waals surface area contributed by atoms with Gasteiger partial charge < -0.3 is 0 Å². The van der Waals surface area contributed by atoms with Crippen LogP contribution in [0.2, 0.25) is 0 Å². The summed E-state index contributed by atoms with van der Waals surface area (Å²) in [4.78, 5) is 0. The van der Waals surface area contributed by atoms with Gasteiger partial charge in [-0.05, 0) is 51.4 Å². The molecule has 0 spiro atoms. The van der Waals surface area contributed by atoms with Gasteiger partial charge in [0.2, 0.25) is 0 Å². The second kappa shape index (κ2) is 24.2. The SMILES string of the molecule is C=CCCCCCCCCC=CCCCCCCCCCCCCC=C. The van der Waals surface area contributed by atoms with Gasteiger partial charge in [0.05, 0.1) is 0 Å². The van der Waals surface area contributed by atoms with Gasteiger partial charge in [-0.3, -0.25) is 0 Å². The summed E-state index contributed by atoms with van der Waals surface area (Å²) in [5.41, 5.74) is 0. The summed E-state index contributed by atoms with van der Waals surface area (Å²) >= 11 is 0. The molecule has 0 saturated heterocycles. The van der Waals surface area contributed by atoms with Crippen molar-refractivity contribution in [2.75, 3.05) is 0 Å². The van der Waals surface area contributed by atoms with E-state index in [1.165, 1.54) is 128 Å². The number of rotatable bonds is 22. The smallest absolute Gasteiger partial charge is 0.0351 e. The summed E-state index contributed by atoms with van der Waals surface area (Å²) < 4.78 is 0. The maximum Gasteiger partial charge on any atom is -0.0351 e. The quantitative estimate of drug-likeness (QED) is 0.133. The Kier molecular flexibility index (Phi) is 23.5. The third-order valence-corrected chi connectivity index (χ3v) is 5.22. The third kappa shape index (κ3) is 23.2. The summed E-state index contributed by atoms with van der Waals surface area (Å²) in [5, 5.41) is 0. The summed E-state index contributed by atoms with van der Waals surface area (Å²) in [6.45, 7) is 7.55. The van der Waals surface area contributed by atoms with Gasteiger partial charge in [0.15, 0.2) is 0 Å². The first kappa shape index (κ1) is 25.2. The lowest BCUT2D eigenvalue weighted by molar-refractivity contribution is 0.553. The molecule has 152 valence electrons. The highest BCUT2D eigenvalue weighted by Gasteiger charge is 1.93. The normalized spacial score (nSPS) is 11.2. The standard InChI is InChI=1S/C26H48/c1-3-5-7-9-11-13-15-17-19-21-23-25-26-24-22-20-18-16-14-12-10-8-6-4-2/h3-4,21,23H,1-2,5-20,22,24-26H2. The van der Waals surface area contributed by atoms with Crippen molar-refractivity contribution in [3.05, 3.63) is 37.5 Å². The molecule has 0 aliphatic heterocycles. The Balaban J connectivity index is 3.06. The Morgan fingerprint density at radius 3 is 0.808 bits per heavy atom. The topological polar surface area (TPSA) is 0 Å². The lowest BCUT2D eigenvalue weighted by Crippen LogP contribution is -1.82. The van der Waals surface area contributed by atoms with Crippen LogP contribution in [0.15, 0.2) is 37.5 Å². The molecule has 0 saturated carbocycles. The van der Waals surface area contributed by atoms with Crippen molar-refractivity contribution in [3.8, 4) is 0 Å². The summed E-state index contributed by atoms with van der Waals surface area (Å²) in [6, 6.07) is 0. The van der Waals surface area contributed by atoms with Crippen LogP contribution in [0.1, 0.15) is 128 Å². The molecule has 0 aliphatic rings. The van der Waals surface area contributed by atoms with Crippen molar-refractivity contribution in [2.45, 2.75) is 128 Å². The molecule has 0 aromatic heterocycles. The maximum atomic E-state index is 3.78. The van der Waals surface area contributed by atoms with E-state index in [2.05, 4.69) is 25.3 Å². The molecule has 0 heterocycles. The van der Waals surface area contributed by atoms with Crippen LogP contribution in [0.5, 0.6) is 0 Å². The van der Waals surface area contributed by atoms with E-state index < -0.39 is 0 Å². The van der Waals surface area contributed by atoms with Crippen molar-refractivity contribution >= 4 is 0 Å². The molecular formula is C26H48. The van der Waals surface area contributed by atoms with Gasteiger partial charge in [0, 0.05) is 0 Å². The Morgan fingerprint density at radius 1 is 0.308 bits per heavy atom.